The van der Waals surface area contributed by atoms with Crippen LogP contribution in [-0.2, 0) is 20.1 Å². The van der Waals surface area contributed by atoms with Gasteiger partial charge in [0.05, 0.1) is 12.9 Å². The number of benzene rings is 2. The first-order valence-corrected chi connectivity index (χ1v) is 6.03. The topological polar surface area (TPSA) is 27.1 Å². The van der Waals surface area contributed by atoms with E-state index in [4.69, 9.17) is 4.74 Å². The third-order valence-corrected chi connectivity index (χ3v) is 2.94. The summed E-state index contributed by atoms with van der Waals surface area (Å²) in [4.78, 5) is 4.41. The van der Waals surface area contributed by atoms with Gasteiger partial charge in [0.2, 0.25) is 0 Å². The molecule has 0 aliphatic rings. The van der Waals surface area contributed by atoms with Gasteiger partial charge in [0.25, 0.3) is 0 Å². The fourth-order valence-electron chi connectivity index (χ4n) is 1.99. The molecule has 3 rings (SSSR count). The van der Waals surface area contributed by atoms with Crippen LogP contribution in [0.15, 0.2) is 60.9 Å². The SMILES string of the molecule is COc1ccc(-n2ccnc2-c2[c-]cccc2)cc1.[Ir]. The van der Waals surface area contributed by atoms with Gasteiger partial charge in [-0.2, -0.15) is 0 Å². The summed E-state index contributed by atoms with van der Waals surface area (Å²) in [5, 5.41) is 0. The van der Waals surface area contributed by atoms with Gasteiger partial charge in [-0.05, 0) is 24.3 Å². The molecule has 3 nitrogen and oxygen atoms in total. The van der Waals surface area contributed by atoms with E-state index in [9.17, 15) is 0 Å². The zero-order valence-corrected chi connectivity index (χ0v) is 13.3. The van der Waals surface area contributed by atoms with Crippen molar-refractivity contribution in [3.05, 3.63) is 67.0 Å². The first-order valence-electron chi connectivity index (χ1n) is 6.03. The van der Waals surface area contributed by atoms with Crippen molar-refractivity contribution in [1.29, 1.82) is 0 Å². The van der Waals surface area contributed by atoms with Crippen molar-refractivity contribution in [3.63, 3.8) is 0 Å². The molecule has 1 aromatic heterocycles. The van der Waals surface area contributed by atoms with Gasteiger partial charge in [-0.15, -0.1) is 35.9 Å². The van der Waals surface area contributed by atoms with E-state index in [0.29, 0.717) is 0 Å². The van der Waals surface area contributed by atoms with Crippen molar-refractivity contribution in [3.8, 4) is 22.8 Å². The van der Waals surface area contributed by atoms with Crippen LogP contribution in [0.4, 0.5) is 0 Å². The molecule has 0 saturated carbocycles. The Kier molecular flexibility index (Phi) is 4.72. The van der Waals surface area contributed by atoms with Crippen LogP contribution in [0.3, 0.4) is 0 Å². The number of aromatic nitrogens is 2. The van der Waals surface area contributed by atoms with Gasteiger partial charge in [-0.1, -0.05) is 0 Å². The molecule has 0 atom stereocenters. The minimum absolute atomic E-state index is 0. The maximum atomic E-state index is 5.17. The van der Waals surface area contributed by atoms with Crippen LogP contribution in [0.1, 0.15) is 0 Å². The number of methoxy groups -OCH3 is 1. The van der Waals surface area contributed by atoms with E-state index in [1.165, 1.54) is 0 Å². The van der Waals surface area contributed by atoms with Crippen molar-refractivity contribution >= 4 is 0 Å². The van der Waals surface area contributed by atoms with Crippen LogP contribution in [0.25, 0.3) is 17.1 Å². The average Bonchev–Trinajstić information content (AvgIpc) is 2.98. The monoisotopic (exact) mass is 442 g/mol. The zero-order valence-electron chi connectivity index (χ0n) is 10.9. The molecule has 4 heteroatoms. The van der Waals surface area contributed by atoms with Gasteiger partial charge in [0.1, 0.15) is 5.75 Å². The fourth-order valence-corrected chi connectivity index (χ4v) is 1.99. The zero-order chi connectivity index (χ0) is 13.1. The van der Waals surface area contributed by atoms with Crippen LogP contribution >= 0.6 is 0 Å². The maximum Gasteiger partial charge on any atom is 0.119 e. The van der Waals surface area contributed by atoms with Crippen molar-refractivity contribution < 1.29 is 24.8 Å². The van der Waals surface area contributed by atoms with Crippen LogP contribution in [0, 0.1) is 6.07 Å². The minimum Gasteiger partial charge on any atom is -0.497 e. The molecular formula is C16H13IrN2O-. The number of rotatable bonds is 3. The Morgan fingerprint density at radius 2 is 1.90 bits per heavy atom. The van der Waals surface area contributed by atoms with E-state index in [1.807, 2.05) is 59.3 Å². The fraction of sp³-hybridized carbons (Fsp3) is 0.0625. The second-order valence-electron chi connectivity index (χ2n) is 4.10. The van der Waals surface area contributed by atoms with Crippen LogP contribution in [0.5, 0.6) is 5.75 Å². The molecule has 0 N–H and O–H groups in total. The number of nitrogens with zero attached hydrogens (tertiary/aromatic N) is 2. The minimum atomic E-state index is 0. The number of hydrogen-bond donors (Lipinski definition) is 0. The summed E-state index contributed by atoms with van der Waals surface area (Å²) in [6.07, 6.45) is 3.73. The second-order valence-corrected chi connectivity index (χ2v) is 4.10. The first kappa shape index (κ1) is 14.5. The Bertz CT molecular complexity index is 662. The van der Waals surface area contributed by atoms with Gasteiger partial charge in [0.15, 0.2) is 0 Å². The van der Waals surface area contributed by atoms with Gasteiger partial charge in [-0.25, -0.2) is 0 Å². The summed E-state index contributed by atoms with van der Waals surface area (Å²) in [6.45, 7) is 0. The molecule has 3 aromatic rings. The van der Waals surface area contributed by atoms with Crippen molar-refractivity contribution in [1.82, 2.24) is 9.55 Å². The maximum absolute atomic E-state index is 5.17. The number of hydrogen-bond acceptors (Lipinski definition) is 2. The Balaban J connectivity index is 0.00000147. The Hall–Kier alpha value is -1.90. The van der Waals surface area contributed by atoms with Crippen molar-refractivity contribution in [2.24, 2.45) is 0 Å². The van der Waals surface area contributed by atoms with Crippen molar-refractivity contribution in [2.45, 2.75) is 0 Å². The van der Waals surface area contributed by atoms with E-state index in [-0.39, 0.29) is 20.1 Å². The van der Waals surface area contributed by atoms with E-state index < -0.39 is 0 Å². The second kappa shape index (κ2) is 6.51. The summed E-state index contributed by atoms with van der Waals surface area (Å²) in [5.41, 5.74) is 2.02. The van der Waals surface area contributed by atoms with Gasteiger partial charge in [-0.3, -0.25) is 4.98 Å². The smallest absolute Gasteiger partial charge is 0.119 e. The van der Waals surface area contributed by atoms with Crippen LogP contribution in [-0.4, -0.2) is 16.7 Å². The largest absolute Gasteiger partial charge is 0.497 e. The van der Waals surface area contributed by atoms with Crippen LogP contribution in [0.2, 0.25) is 0 Å². The van der Waals surface area contributed by atoms with Gasteiger partial charge < -0.3 is 9.30 Å². The van der Waals surface area contributed by atoms with E-state index in [0.717, 1.165) is 22.8 Å². The quantitative estimate of drug-likeness (QED) is 0.583. The summed E-state index contributed by atoms with van der Waals surface area (Å²) in [6, 6.07) is 18.9. The normalized spacial score (nSPS) is 9.85. The van der Waals surface area contributed by atoms with Gasteiger partial charge >= 0.3 is 0 Å². The predicted octanol–water partition coefficient (Wildman–Crippen LogP) is 3.35. The Morgan fingerprint density at radius 1 is 1.10 bits per heavy atom. The molecule has 2 aromatic carbocycles. The average molecular weight is 442 g/mol. The van der Waals surface area contributed by atoms with Crippen molar-refractivity contribution in [2.75, 3.05) is 7.11 Å². The Labute approximate surface area is 131 Å². The Morgan fingerprint density at radius 3 is 2.55 bits per heavy atom. The molecule has 0 amide bonds. The molecular weight excluding hydrogens is 428 g/mol. The molecule has 0 aliphatic heterocycles. The van der Waals surface area contributed by atoms with E-state index in [2.05, 4.69) is 11.1 Å². The summed E-state index contributed by atoms with van der Waals surface area (Å²) >= 11 is 0. The van der Waals surface area contributed by atoms with E-state index >= 15 is 0 Å². The van der Waals surface area contributed by atoms with Gasteiger partial charge in [0, 0.05) is 38.2 Å². The van der Waals surface area contributed by atoms with Crippen LogP contribution < -0.4 is 4.74 Å². The number of ether oxygens (including phenoxy) is 1. The standard InChI is InChI=1S/C16H13N2O.Ir/c1-19-15-9-7-14(8-10-15)18-12-11-17-16(18)13-5-3-2-4-6-13;/h2-5,7-12H,1H3;/q-1;. The summed E-state index contributed by atoms with van der Waals surface area (Å²) in [5.74, 6) is 1.72. The molecule has 1 heterocycles. The number of imidazole rings is 1. The molecule has 0 unspecified atom stereocenters. The molecule has 20 heavy (non-hydrogen) atoms. The molecule has 0 spiro atoms. The molecule has 0 aliphatic carbocycles. The molecule has 0 bridgehead atoms. The molecule has 1 radical (unpaired) electrons. The summed E-state index contributed by atoms with van der Waals surface area (Å²) in [7, 11) is 1.66. The summed E-state index contributed by atoms with van der Waals surface area (Å²) < 4.78 is 7.20. The first-order chi connectivity index (χ1) is 9.38. The molecule has 0 saturated heterocycles. The molecule has 103 valence electrons. The predicted molar refractivity (Wildman–Crippen MR) is 74.4 cm³/mol. The third kappa shape index (κ3) is 2.82. The third-order valence-electron chi connectivity index (χ3n) is 2.94. The molecule has 0 fully saturated rings. The van der Waals surface area contributed by atoms with E-state index in [1.54, 1.807) is 13.3 Å².